The summed E-state index contributed by atoms with van der Waals surface area (Å²) in [6.45, 7) is 0. The molecule has 0 amide bonds. The van der Waals surface area contributed by atoms with Crippen molar-refractivity contribution in [3.05, 3.63) is 206 Å². The largest absolute Gasteiger partial charge is 0.309 e. The van der Waals surface area contributed by atoms with Crippen LogP contribution in [0.15, 0.2) is 206 Å². The summed E-state index contributed by atoms with van der Waals surface area (Å²) >= 11 is 1.86. The van der Waals surface area contributed by atoms with Gasteiger partial charge in [-0.3, -0.25) is 0 Å². The fraction of sp³-hybridized carbons (Fsp3) is 0. The van der Waals surface area contributed by atoms with Crippen LogP contribution in [0.1, 0.15) is 0 Å². The Hall–Kier alpha value is -6.94. The molecule has 2 aromatic heterocycles. The molecule has 0 saturated carbocycles. The van der Waals surface area contributed by atoms with Crippen molar-refractivity contribution in [2.75, 3.05) is 4.90 Å². The summed E-state index contributed by atoms with van der Waals surface area (Å²) in [5.74, 6) is 0. The molecule has 0 aliphatic carbocycles. The fourth-order valence-corrected chi connectivity index (χ4v) is 9.68. The maximum atomic E-state index is 2.48. The molecule has 9 aromatic carbocycles. The molecule has 258 valence electrons. The van der Waals surface area contributed by atoms with Crippen molar-refractivity contribution in [3.8, 4) is 27.9 Å². The smallest absolute Gasteiger partial charge is 0.0555 e. The summed E-state index contributed by atoms with van der Waals surface area (Å²) < 4.78 is 5.00. The van der Waals surface area contributed by atoms with Crippen LogP contribution in [0, 0.1) is 0 Å². The first-order chi connectivity index (χ1) is 27.3. The Bertz CT molecular complexity index is 3170. The van der Waals surface area contributed by atoms with Crippen molar-refractivity contribution in [3.63, 3.8) is 0 Å². The lowest BCUT2D eigenvalue weighted by Crippen LogP contribution is -2.11. The molecule has 3 heteroatoms. The first-order valence-electron chi connectivity index (χ1n) is 18.8. The van der Waals surface area contributed by atoms with Crippen LogP contribution < -0.4 is 4.90 Å². The van der Waals surface area contributed by atoms with Gasteiger partial charge in [0.05, 0.1) is 22.4 Å². The normalized spacial score (nSPS) is 11.6. The van der Waals surface area contributed by atoms with Crippen LogP contribution >= 0.6 is 11.3 Å². The minimum atomic E-state index is 1.11. The Kier molecular flexibility index (Phi) is 7.39. The molecule has 0 spiro atoms. The number of nitrogens with zero attached hydrogens (tertiary/aromatic N) is 2. The summed E-state index contributed by atoms with van der Waals surface area (Å²) in [4.78, 5) is 2.48. The number of benzene rings is 9. The topological polar surface area (TPSA) is 8.17 Å². The van der Waals surface area contributed by atoms with E-state index in [1.165, 1.54) is 80.7 Å². The van der Waals surface area contributed by atoms with E-state index in [2.05, 4.69) is 216 Å². The second-order valence-electron chi connectivity index (χ2n) is 14.1. The molecule has 0 radical (unpaired) electrons. The lowest BCUT2D eigenvalue weighted by molar-refractivity contribution is 1.19. The Morgan fingerprint density at radius 3 is 1.80 bits per heavy atom. The van der Waals surface area contributed by atoms with E-state index in [1.54, 1.807) is 0 Å². The van der Waals surface area contributed by atoms with Crippen LogP contribution in [0.25, 0.3) is 80.7 Å². The lowest BCUT2D eigenvalue weighted by Gasteiger charge is -2.29. The summed E-state index contributed by atoms with van der Waals surface area (Å²) in [6, 6.07) is 75.3. The standard InChI is InChI=1S/C52H34N2S/c1-2-16-35(17-3-1)41-22-6-10-26-46(41)53(49-29-15-31-51-52(49)44-25-9-13-30-50(44)55-51)38-20-14-19-37(32-38)45-34-39(33-36-18-4-5-21-40(36)45)54-47-27-11-7-23-42(47)43-24-8-12-28-48(43)54/h1-34H. The molecule has 0 unspecified atom stereocenters. The minimum Gasteiger partial charge on any atom is -0.309 e. The predicted octanol–water partition coefficient (Wildman–Crippen LogP) is 15.1. The van der Waals surface area contributed by atoms with Crippen LogP contribution in [0.5, 0.6) is 0 Å². The molecular formula is C52H34N2S. The zero-order valence-electron chi connectivity index (χ0n) is 29.9. The van der Waals surface area contributed by atoms with E-state index in [0.29, 0.717) is 0 Å². The molecular weight excluding hydrogens is 685 g/mol. The van der Waals surface area contributed by atoms with Gasteiger partial charge in [-0.15, -0.1) is 11.3 Å². The average Bonchev–Trinajstić information content (AvgIpc) is 3.81. The molecule has 55 heavy (non-hydrogen) atoms. The average molecular weight is 719 g/mol. The van der Waals surface area contributed by atoms with Crippen LogP contribution in [0.4, 0.5) is 17.1 Å². The fourth-order valence-electron chi connectivity index (χ4n) is 8.56. The quantitative estimate of drug-likeness (QED) is 0.166. The number of hydrogen-bond acceptors (Lipinski definition) is 2. The Morgan fingerprint density at radius 1 is 0.382 bits per heavy atom. The van der Waals surface area contributed by atoms with Gasteiger partial charge in [-0.05, 0) is 88.1 Å². The van der Waals surface area contributed by atoms with Gasteiger partial charge in [-0.2, -0.15) is 0 Å². The number of anilines is 3. The van der Waals surface area contributed by atoms with E-state index in [9.17, 15) is 0 Å². The number of para-hydroxylation sites is 3. The number of hydrogen-bond donors (Lipinski definition) is 0. The Balaban J connectivity index is 1.17. The zero-order chi connectivity index (χ0) is 36.3. The predicted molar refractivity (Wildman–Crippen MR) is 237 cm³/mol. The number of rotatable bonds is 6. The maximum Gasteiger partial charge on any atom is 0.0555 e. The Labute approximate surface area is 323 Å². The summed E-state index contributed by atoms with van der Waals surface area (Å²) in [6.07, 6.45) is 0. The molecule has 2 heterocycles. The van der Waals surface area contributed by atoms with Gasteiger partial charge in [0.1, 0.15) is 0 Å². The molecule has 0 aliphatic heterocycles. The number of thiophene rings is 1. The van der Waals surface area contributed by atoms with Crippen LogP contribution in [-0.2, 0) is 0 Å². The lowest BCUT2D eigenvalue weighted by atomic mass is 9.96. The SMILES string of the molecule is c1ccc(-c2ccccc2N(c2cccc(-c3cc(-n4c5ccccc5c5ccccc54)cc4ccccc34)c2)c2cccc3sc4ccccc4c23)cc1. The highest BCUT2D eigenvalue weighted by atomic mass is 32.1. The molecule has 2 nitrogen and oxygen atoms in total. The first-order valence-corrected chi connectivity index (χ1v) is 19.6. The van der Waals surface area contributed by atoms with E-state index in [0.717, 1.165) is 17.1 Å². The molecule has 0 saturated heterocycles. The molecule has 0 N–H and O–H groups in total. The maximum absolute atomic E-state index is 2.48. The van der Waals surface area contributed by atoms with Gasteiger partial charge in [0, 0.05) is 47.9 Å². The highest BCUT2D eigenvalue weighted by Gasteiger charge is 2.22. The van der Waals surface area contributed by atoms with Gasteiger partial charge in [-0.1, -0.05) is 146 Å². The second kappa shape index (κ2) is 12.9. The van der Waals surface area contributed by atoms with Crippen LogP contribution in [0.3, 0.4) is 0 Å². The zero-order valence-corrected chi connectivity index (χ0v) is 30.7. The number of fused-ring (bicyclic) bond motifs is 7. The van der Waals surface area contributed by atoms with Crippen LogP contribution in [-0.4, -0.2) is 4.57 Å². The van der Waals surface area contributed by atoms with Gasteiger partial charge in [-0.25, -0.2) is 0 Å². The van der Waals surface area contributed by atoms with Crippen molar-refractivity contribution in [1.29, 1.82) is 0 Å². The van der Waals surface area contributed by atoms with E-state index < -0.39 is 0 Å². The third kappa shape index (κ3) is 5.16. The summed E-state index contributed by atoms with van der Waals surface area (Å²) in [7, 11) is 0. The van der Waals surface area contributed by atoms with Crippen molar-refractivity contribution in [2.45, 2.75) is 0 Å². The summed E-state index contributed by atoms with van der Waals surface area (Å²) in [5, 5.41) is 7.52. The molecule has 0 atom stereocenters. The van der Waals surface area contributed by atoms with Gasteiger partial charge in [0.15, 0.2) is 0 Å². The third-order valence-electron chi connectivity index (χ3n) is 11.0. The third-order valence-corrected chi connectivity index (χ3v) is 12.1. The van der Waals surface area contributed by atoms with E-state index >= 15 is 0 Å². The van der Waals surface area contributed by atoms with Crippen molar-refractivity contribution < 1.29 is 0 Å². The molecule has 11 rings (SSSR count). The van der Waals surface area contributed by atoms with Gasteiger partial charge >= 0.3 is 0 Å². The van der Waals surface area contributed by atoms with Gasteiger partial charge < -0.3 is 9.47 Å². The summed E-state index contributed by atoms with van der Waals surface area (Å²) in [5.41, 5.74) is 11.7. The Morgan fingerprint density at radius 2 is 0.982 bits per heavy atom. The molecule has 0 aliphatic rings. The van der Waals surface area contributed by atoms with Gasteiger partial charge in [0.2, 0.25) is 0 Å². The van der Waals surface area contributed by atoms with Gasteiger partial charge in [0.25, 0.3) is 0 Å². The monoisotopic (exact) mass is 718 g/mol. The number of aromatic nitrogens is 1. The van der Waals surface area contributed by atoms with E-state index in [1.807, 2.05) is 11.3 Å². The second-order valence-corrected chi connectivity index (χ2v) is 15.2. The highest BCUT2D eigenvalue weighted by Crippen LogP contribution is 2.48. The highest BCUT2D eigenvalue weighted by molar-refractivity contribution is 7.26. The van der Waals surface area contributed by atoms with Crippen molar-refractivity contribution >= 4 is 81.1 Å². The van der Waals surface area contributed by atoms with Crippen LogP contribution in [0.2, 0.25) is 0 Å². The molecule has 0 fully saturated rings. The van der Waals surface area contributed by atoms with Crippen molar-refractivity contribution in [1.82, 2.24) is 4.57 Å². The molecule has 11 aromatic rings. The first kappa shape index (κ1) is 31.6. The minimum absolute atomic E-state index is 1.11. The van der Waals surface area contributed by atoms with E-state index in [-0.39, 0.29) is 0 Å². The molecule has 0 bridgehead atoms. The van der Waals surface area contributed by atoms with Crippen molar-refractivity contribution in [2.24, 2.45) is 0 Å². The van der Waals surface area contributed by atoms with E-state index in [4.69, 9.17) is 0 Å².